The van der Waals surface area contributed by atoms with Crippen LogP contribution in [0.1, 0.15) is 29.8 Å². The molecule has 0 saturated heterocycles. The van der Waals surface area contributed by atoms with E-state index < -0.39 is 0 Å². The lowest BCUT2D eigenvalue weighted by Gasteiger charge is -2.12. The van der Waals surface area contributed by atoms with Crippen molar-refractivity contribution in [2.75, 3.05) is 6.61 Å². The number of imidazole rings is 1. The van der Waals surface area contributed by atoms with Crippen LogP contribution >= 0.6 is 23.6 Å². The third-order valence-electron chi connectivity index (χ3n) is 3.40. The predicted molar refractivity (Wildman–Crippen MR) is 89.0 cm³/mol. The fourth-order valence-corrected chi connectivity index (χ4v) is 3.63. The number of thiazole rings is 1. The summed E-state index contributed by atoms with van der Waals surface area (Å²) in [6.07, 6.45) is 1.90. The van der Waals surface area contributed by atoms with E-state index in [0.717, 1.165) is 21.8 Å². The average molecular weight is 319 g/mol. The van der Waals surface area contributed by atoms with Crippen LogP contribution in [0.2, 0.25) is 0 Å². The van der Waals surface area contributed by atoms with E-state index in [1.54, 1.807) is 11.3 Å². The normalized spacial score (nSPS) is 12.7. The molecule has 1 atom stereocenters. The highest BCUT2D eigenvalue weighted by molar-refractivity contribution is 7.71. The van der Waals surface area contributed by atoms with Crippen LogP contribution in [0.15, 0.2) is 24.4 Å². The molecule has 2 aromatic heterocycles. The Bertz CT molecular complexity index is 831. The van der Waals surface area contributed by atoms with Gasteiger partial charge >= 0.3 is 0 Å². The van der Waals surface area contributed by atoms with Gasteiger partial charge in [-0.15, -0.1) is 11.3 Å². The van der Waals surface area contributed by atoms with E-state index in [4.69, 9.17) is 17.0 Å². The minimum Gasteiger partial charge on any atom is -0.492 e. The Morgan fingerprint density at radius 3 is 2.95 bits per heavy atom. The first-order chi connectivity index (χ1) is 10.1. The van der Waals surface area contributed by atoms with Gasteiger partial charge in [-0.05, 0) is 45.1 Å². The van der Waals surface area contributed by atoms with Gasteiger partial charge in [0.1, 0.15) is 16.3 Å². The van der Waals surface area contributed by atoms with Crippen molar-refractivity contribution in [3.8, 4) is 5.75 Å². The number of benzene rings is 1. The lowest BCUT2D eigenvalue weighted by molar-refractivity contribution is 0.343. The fourth-order valence-electron chi connectivity index (χ4n) is 2.46. The monoisotopic (exact) mass is 319 g/mol. The SMILES string of the molecule is CCOc1cccc2c1[nH]c(=S)n2C(C)c1ncc(C)s1. The molecular weight excluding hydrogens is 302 g/mol. The maximum atomic E-state index is 5.67. The second-order valence-electron chi connectivity index (χ2n) is 4.87. The Hall–Kier alpha value is -1.66. The zero-order valence-electron chi connectivity index (χ0n) is 12.2. The molecule has 21 heavy (non-hydrogen) atoms. The molecular formula is C15H17N3OS2. The first-order valence-electron chi connectivity index (χ1n) is 6.90. The number of nitrogens with zero attached hydrogens (tertiary/aromatic N) is 2. The first-order valence-corrected chi connectivity index (χ1v) is 8.12. The lowest BCUT2D eigenvalue weighted by Crippen LogP contribution is -2.06. The summed E-state index contributed by atoms with van der Waals surface area (Å²) >= 11 is 7.21. The minimum atomic E-state index is 0.0989. The highest BCUT2D eigenvalue weighted by Crippen LogP contribution is 2.30. The zero-order chi connectivity index (χ0) is 15.0. The molecule has 0 bridgehead atoms. The molecule has 1 N–H and O–H groups in total. The second kappa shape index (κ2) is 5.61. The van der Waals surface area contributed by atoms with E-state index >= 15 is 0 Å². The van der Waals surface area contributed by atoms with Gasteiger partial charge in [0.15, 0.2) is 4.77 Å². The van der Waals surface area contributed by atoms with Gasteiger partial charge in [-0.2, -0.15) is 0 Å². The van der Waals surface area contributed by atoms with E-state index in [0.29, 0.717) is 11.4 Å². The Morgan fingerprint density at radius 2 is 2.29 bits per heavy atom. The number of hydrogen-bond acceptors (Lipinski definition) is 4. The van der Waals surface area contributed by atoms with Crippen molar-refractivity contribution < 1.29 is 4.74 Å². The minimum absolute atomic E-state index is 0.0989. The summed E-state index contributed by atoms with van der Waals surface area (Å²) in [6.45, 7) is 6.79. The van der Waals surface area contributed by atoms with Gasteiger partial charge in [-0.1, -0.05) is 6.07 Å². The van der Waals surface area contributed by atoms with E-state index in [1.807, 2.05) is 25.3 Å². The van der Waals surface area contributed by atoms with Crippen molar-refractivity contribution in [1.29, 1.82) is 0 Å². The smallest absolute Gasteiger partial charge is 0.178 e. The van der Waals surface area contributed by atoms with Crippen LogP contribution in [0.3, 0.4) is 0 Å². The summed E-state index contributed by atoms with van der Waals surface area (Å²) in [6, 6.07) is 6.11. The van der Waals surface area contributed by atoms with Crippen LogP contribution in [-0.4, -0.2) is 21.1 Å². The molecule has 0 spiro atoms. The van der Waals surface area contributed by atoms with Gasteiger partial charge in [-0.25, -0.2) is 4.98 Å². The summed E-state index contributed by atoms with van der Waals surface area (Å²) in [5, 5.41) is 1.06. The van der Waals surface area contributed by atoms with Crippen LogP contribution < -0.4 is 4.74 Å². The predicted octanol–water partition coefficient (Wildman–Crippen LogP) is 4.47. The number of para-hydroxylation sites is 1. The summed E-state index contributed by atoms with van der Waals surface area (Å²) in [5.41, 5.74) is 2.00. The number of H-pyrrole nitrogens is 1. The highest BCUT2D eigenvalue weighted by atomic mass is 32.1. The molecule has 0 radical (unpaired) electrons. The number of aryl methyl sites for hydroxylation is 1. The van der Waals surface area contributed by atoms with Crippen LogP contribution in [0.4, 0.5) is 0 Å². The molecule has 0 fully saturated rings. The summed E-state index contributed by atoms with van der Waals surface area (Å²) in [4.78, 5) is 8.96. The molecule has 0 aliphatic heterocycles. The van der Waals surface area contributed by atoms with E-state index in [1.165, 1.54) is 4.88 Å². The lowest BCUT2D eigenvalue weighted by atomic mass is 10.2. The number of hydrogen-bond donors (Lipinski definition) is 1. The molecule has 1 unspecified atom stereocenters. The summed E-state index contributed by atoms with van der Waals surface area (Å²) < 4.78 is 8.47. The van der Waals surface area contributed by atoms with Crippen LogP contribution in [0.25, 0.3) is 11.0 Å². The molecule has 3 rings (SSSR count). The zero-order valence-corrected chi connectivity index (χ0v) is 13.8. The van der Waals surface area contributed by atoms with Crippen LogP contribution in [0, 0.1) is 11.7 Å². The van der Waals surface area contributed by atoms with Crippen molar-refractivity contribution >= 4 is 34.6 Å². The Morgan fingerprint density at radius 1 is 1.48 bits per heavy atom. The van der Waals surface area contributed by atoms with Gasteiger partial charge in [0.05, 0.1) is 18.2 Å². The molecule has 0 amide bonds. The molecule has 110 valence electrons. The van der Waals surface area contributed by atoms with Gasteiger partial charge < -0.3 is 14.3 Å². The molecule has 0 aliphatic rings. The molecule has 0 saturated carbocycles. The molecule has 2 heterocycles. The molecule has 6 heteroatoms. The van der Waals surface area contributed by atoms with E-state index in [9.17, 15) is 0 Å². The number of ether oxygens (including phenoxy) is 1. The summed E-state index contributed by atoms with van der Waals surface area (Å²) in [5.74, 6) is 0.836. The Labute approximate surface area is 132 Å². The Balaban J connectivity index is 2.16. The van der Waals surface area contributed by atoms with E-state index in [-0.39, 0.29) is 6.04 Å². The number of rotatable bonds is 4. The van der Waals surface area contributed by atoms with Crippen molar-refractivity contribution in [1.82, 2.24) is 14.5 Å². The van der Waals surface area contributed by atoms with Crippen molar-refractivity contribution in [3.05, 3.63) is 39.1 Å². The van der Waals surface area contributed by atoms with Crippen molar-refractivity contribution in [2.24, 2.45) is 0 Å². The first kappa shape index (κ1) is 14.3. The van der Waals surface area contributed by atoms with Gasteiger partial charge in [0.2, 0.25) is 0 Å². The standard InChI is InChI=1S/C15H17N3OS2/c1-4-19-12-7-5-6-11-13(12)17-15(20)18(11)10(3)14-16-8-9(2)21-14/h5-8,10H,4H2,1-3H3,(H,17,20). The quantitative estimate of drug-likeness (QED) is 0.721. The Kier molecular flexibility index (Phi) is 3.82. The van der Waals surface area contributed by atoms with Gasteiger partial charge in [-0.3, -0.25) is 0 Å². The number of aromatic amines is 1. The molecule has 4 nitrogen and oxygen atoms in total. The average Bonchev–Trinajstić information content (AvgIpc) is 3.02. The maximum absolute atomic E-state index is 5.67. The topological polar surface area (TPSA) is 42.8 Å². The van der Waals surface area contributed by atoms with Crippen molar-refractivity contribution in [2.45, 2.75) is 26.8 Å². The van der Waals surface area contributed by atoms with Crippen LogP contribution in [-0.2, 0) is 0 Å². The van der Waals surface area contributed by atoms with Gasteiger partial charge in [0, 0.05) is 11.1 Å². The molecule has 0 aliphatic carbocycles. The second-order valence-corrected chi connectivity index (χ2v) is 6.52. The number of aromatic nitrogens is 3. The van der Waals surface area contributed by atoms with Gasteiger partial charge in [0.25, 0.3) is 0 Å². The fraction of sp³-hybridized carbons (Fsp3) is 0.333. The van der Waals surface area contributed by atoms with Crippen molar-refractivity contribution in [3.63, 3.8) is 0 Å². The molecule has 3 aromatic rings. The third-order valence-corrected chi connectivity index (χ3v) is 4.78. The summed E-state index contributed by atoms with van der Waals surface area (Å²) in [7, 11) is 0. The number of nitrogens with one attached hydrogen (secondary N) is 1. The van der Waals surface area contributed by atoms with Crippen LogP contribution in [0.5, 0.6) is 5.75 Å². The third kappa shape index (κ3) is 2.49. The van der Waals surface area contributed by atoms with E-state index in [2.05, 4.69) is 34.4 Å². The highest BCUT2D eigenvalue weighted by Gasteiger charge is 2.17. The maximum Gasteiger partial charge on any atom is 0.178 e. The molecule has 1 aromatic carbocycles. The largest absolute Gasteiger partial charge is 0.492 e. The number of fused-ring (bicyclic) bond motifs is 1.